The second-order valence-electron chi connectivity index (χ2n) is 7.28. The number of amides is 2. The Morgan fingerprint density at radius 2 is 1.61 bits per heavy atom. The van der Waals surface area contributed by atoms with E-state index < -0.39 is 5.82 Å². The summed E-state index contributed by atoms with van der Waals surface area (Å²) in [6.07, 6.45) is 3.25. The molecule has 0 aliphatic carbocycles. The van der Waals surface area contributed by atoms with Gasteiger partial charge in [0, 0.05) is 29.7 Å². The molecular weight excluding hydrogens is 423 g/mol. The van der Waals surface area contributed by atoms with Crippen LogP contribution in [0.1, 0.15) is 26.4 Å². The van der Waals surface area contributed by atoms with E-state index >= 15 is 0 Å². The molecule has 8 heteroatoms. The van der Waals surface area contributed by atoms with Gasteiger partial charge in [-0.15, -0.1) is 0 Å². The lowest BCUT2D eigenvalue weighted by atomic mass is 10.1. The number of nitrogens with zero attached hydrogens (tertiary/aromatic N) is 2. The minimum atomic E-state index is -0.463. The highest BCUT2D eigenvalue weighted by Crippen LogP contribution is 2.16. The number of anilines is 2. The molecule has 0 bridgehead atoms. The van der Waals surface area contributed by atoms with Crippen molar-refractivity contribution in [2.75, 3.05) is 17.7 Å². The zero-order chi connectivity index (χ0) is 23.2. The maximum absolute atomic E-state index is 13.3. The highest BCUT2D eigenvalue weighted by Gasteiger charge is 2.11. The molecule has 3 aromatic carbocycles. The van der Waals surface area contributed by atoms with Crippen molar-refractivity contribution in [3.63, 3.8) is 0 Å². The maximum atomic E-state index is 13.3. The molecule has 0 unspecified atom stereocenters. The summed E-state index contributed by atoms with van der Waals surface area (Å²) < 4.78 is 20.2. The summed E-state index contributed by atoms with van der Waals surface area (Å²) in [5, 5.41) is 5.54. The fraction of sp³-hybridized carbons (Fsp3) is 0.0800. The molecule has 0 saturated carbocycles. The van der Waals surface area contributed by atoms with Crippen molar-refractivity contribution in [2.45, 2.75) is 6.54 Å². The van der Waals surface area contributed by atoms with Crippen LogP contribution < -0.4 is 15.4 Å². The van der Waals surface area contributed by atoms with Gasteiger partial charge >= 0.3 is 0 Å². The molecule has 0 aliphatic heterocycles. The lowest BCUT2D eigenvalue weighted by molar-refractivity contribution is 0.101. The fourth-order valence-corrected chi connectivity index (χ4v) is 3.17. The van der Waals surface area contributed by atoms with Crippen LogP contribution in [0.2, 0.25) is 0 Å². The summed E-state index contributed by atoms with van der Waals surface area (Å²) in [6.45, 7) is 0.501. The van der Waals surface area contributed by atoms with Crippen LogP contribution in [0.15, 0.2) is 85.3 Å². The Bertz CT molecular complexity index is 1270. The first kappa shape index (κ1) is 21.8. The summed E-state index contributed by atoms with van der Waals surface area (Å²) in [5.41, 5.74) is 2.74. The Morgan fingerprint density at radius 1 is 0.939 bits per heavy atom. The van der Waals surface area contributed by atoms with E-state index in [9.17, 15) is 14.0 Å². The number of hydrogen-bond acceptors (Lipinski definition) is 4. The number of rotatable bonds is 7. The van der Waals surface area contributed by atoms with Crippen LogP contribution in [0.5, 0.6) is 5.75 Å². The largest absolute Gasteiger partial charge is 0.497 e. The molecule has 0 aliphatic rings. The molecular formula is C25H21FN4O3. The lowest BCUT2D eigenvalue weighted by Crippen LogP contribution is -2.12. The van der Waals surface area contributed by atoms with Crippen LogP contribution in [0.3, 0.4) is 0 Å². The molecule has 2 N–H and O–H groups in total. The molecule has 0 saturated heterocycles. The van der Waals surface area contributed by atoms with Crippen LogP contribution in [-0.2, 0) is 6.54 Å². The Kier molecular flexibility index (Phi) is 6.45. The van der Waals surface area contributed by atoms with Crippen molar-refractivity contribution in [3.8, 4) is 5.75 Å². The van der Waals surface area contributed by atoms with Crippen molar-refractivity contribution in [1.29, 1.82) is 0 Å². The topological polar surface area (TPSA) is 85.2 Å². The second kappa shape index (κ2) is 9.78. The van der Waals surface area contributed by atoms with Crippen LogP contribution in [-0.4, -0.2) is 28.5 Å². The number of hydrogen-bond donors (Lipinski definition) is 2. The molecule has 166 valence electrons. The predicted octanol–water partition coefficient (Wildman–Crippen LogP) is 4.58. The Morgan fingerprint density at radius 3 is 2.27 bits per heavy atom. The van der Waals surface area contributed by atoms with E-state index in [0.717, 1.165) is 5.56 Å². The number of nitrogens with one attached hydrogen (secondary N) is 2. The summed E-state index contributed by atoms with van der Waals surface area (Å²) in [5.74, 6) is -0.453. The van der Waals surface area contributed by atoms with E-state index in [0.29, 0.717) is 29.4 Å². The van der Waals surface area contributed by atoms with E-state index in [1.807, 2.05) is 12.1 Å². The van der Waals surface area contributed by atoms with E-state index in [-0.39, 0.29) is 17.4 Å². The minimum absolute atomic E-state index is 0.248. The molecule has 33 heavy (non-hydrogen) atoms. The fourth-order valence-electron chi connectivity index (χ4n) is 3.17. The highest BCUT2D eigenvalue weighted by atomic mass is 19.1. The lowest BCUT2D eigenvalue weighted by Gasteiger charge is -2.07. The van der Waals surface area contributed by atoms with Gasteiger partial charge in [0.15, 0.2) is 0 Å². The number of ether oxygens (including phenoxy) is 1. The third kappa shape index (κ3) is 5.62. The third-order valence-corrected chi connectivity index (χ3v) is 4.88. The normalized spacial score (nSPS) is 10.5. The van der Waals surface area contributed by atoms with E-state index in [1.54, 1.807) is 66.7 Å². The quantitative estimate of drug-likeness (QED) is 0.437. The first-order chi connectivity index (χ1) is 16.0. The molecule has 2 amide bonds. The second-order valence-corrected chi connectivity index (χ2v) is 7.28. The molecule has 4 rings (SSSR count). The number of carbonyl (C=O) groups is 2. The standard InChI is InChI=1S/C25H21FN4O3/c1-33-22-11-9-21(10-12-22)29-25(32)23-15-30(16-27-23)14-17-5-7-20(8-6-17)28-24(31)18-3-2-4-19(26)13-18/h2-13,15-16H,14H2,1H3,(H,28,31)(H,29,32). The smallest absolute Gasteiger partial charge is 0.275 e. The van der Waals surface area contributed by atoms with Gasteiger partial charge in [-0.2, -0.15) is 0 Å². The van der Waals surface area contributed by atoms with Gasteiger partial charge in [0.25, 0.3) is 11.8 Å². The van der Waals surface area contributed by atoms with Crippen LogP contribution in [0.25, 0.3) is 0 Å². The predicted molar refractivity (Wildman–Crippen MR) is 123 cm³/mol. The van der Waals surface area contributed by atoms with Crippen molar-refractivity contribution in [2.24, 2.45) is 0 Å². The van der Waals surface area contributed by atoms with Gasteiger partial charge in [0.05, 0.1) is 13.4 Å². The zero-order valence-electron chi connectivity index (χ0n) is 17.8. The highest BCUT2D eigenvalue weighted by molar-refractivity contribution is 6.04. The van der Waals surface area contributed by atoms with Crippen LogP contribution in [0, 0.1) is 5.82 Å². The monoisotopic (exact) mass is 444 g/mol. The summed E-state index contributed by atoms with van der Waals surface area (Å²) in [4.78, 5) is 28.9. The summed E-state index contributed by atoms with van der Waals surface area (Å²) in [6, 6.07) is 19.8. The third-order valence-electron chi connectivity index (χ3n) is 4.88. The van der Waals surface area contributed by atoms with Gasteiger partial charge < -0.3 is 19.9 Å². The summed E-state index contributed by atoms with van der Waals surface area (Å²) in [7, 11) is 1.58. The molecule has 0 atom stereocenters. The number of benzene rings is 3. The van der Waals surface area contributed by atoms with Gasteiger partial charge in [-0.25, -0.2) is 9.37 Å². The molecule has 7 nitrogen and oxygen atoms in total. The number of halogens is 1. The van der Waals surface area contributed by atoms with Crippen molar-refractivity contribution < 1.29 is 18.7 Å². The number of carbonyl (C=O) groups excluding carboxylic acids is 2. The van der Waals surface area contributed by atoms with Gasteiger partial charge in [-0.3, -0.25) is 9.59 Å². The Balaban J connectivity index is 1.34. The average Bonchev–Trinajstić information content (AvgIpc) is 3.29. The first-order valence-electron chi connectivity index (χ1n) is 10.1. The molecule has 1 aromatic heterocycles. The van der Waals surface area contributed by atoms with E-state index in [2.05, 4.69) is 15.6 Å². The van der Waals surface area contributed by atoms with Crippen LogP contribution in [0.4, 0.5) is 15.8 Å². The molecule has 4 aromatic rings. The van der Waals surface area contributed by atoms with Crippen molar-refractivity contribution in [3.05, 3.63) is 108 Å². The molecule has 0 radical (unpaired) electrons. The maximum Gasteiger partial charge on any atom is 0.275 e. The minimum Gasteiger partial charge on any atom is -0.497 e. The van der Waals surface area contributed by atoms with Gasteiger partial charge in [-0.1, -0.05) is 18.2 Å². The van der Waals surface area contributed by atoms with Crippen molar-refractivity contribution in [1.82, 2.24) is 9.55 Å². The zero-order valence-corrected chi connectivity index (χ0v) is 17.8. The van der Waals surface area contributed by atoms with E-state index in [4.69, 9.17) is 4.74 Å². The van der Waals surface area contributed by atoms with E-state index in [1.165, 1.54) is 18.2 Å². The average molecular weight is 444 g/mol. The summed E-state index contributed by atoms with van der Waals surface area (Å²) >= 11 is 0. The van der Waals surface area contributed by atoms with Gasteiger partial charge in [0.2, 0.25) is 0 Å². The first-order valence-corrected chi connectivity index (χ1v) is 10.1. The van der Waals surface area contributed by atoms with Gasteiger partial charge in [-0.05, 0) is 60.2 Å². The molecule has 1 heterocycles. The molecule has 0 fully saturated rings. The van der Waals surface area contributed by atoms with Crippen LogP contribution >= 0.6 is 0 Å². The number of imidazole rings is 1. The SMILES string of the molecule is COc1ccc(NC(=O)c2cn(Cc3ccc(NC(=O)c4cccc(F)c4)cc3)cn2)cc1. The van der Waals surface area contributed by atoms with Crippen molar-refractivity contribution >= 4 is 23.2 Å². The number of aromatic nitrogens is 2. The van der Waals surface area contributed by atoms with Gasteiger partial charge in [0.1, 0.15) is 17.3 Å². The number of methoxy groups -OCH3 is 1. The Labute approximate surface area is 189 Å². The Hall–Kier alpha value is -4.46. The molecule has 0 spiro atoms.